The molecule has 10 heteroatoms. The lowest BCUT2D eigenvalue weighted by atomic mass is 10.1. The molecule has 9 nitrogen and oxygen atoms in total. The number of nitrogens with zero attached hydrogens (tertiary/aromatic N) is 3. The summed E-state index contributed by atoms with van der Waals surface area (Å²) in [5.41, 5.74) is 9.96. The van der Waals surface area contributed by atoms with E-state index in [2.05, 4.69) is 15.5 Å². The Labute approximate surface area is 157 Å². The monoisotopic (exact) mass is 385 g/mol. The molecule has 1 heterocycles. The molecule has 0 atom stereocenters. The number of anilines is 1. The van der Waals surface area contributed by atoms with Gasteiger partial charge in [-0.1, -0.05) is 17.4 Å². The van der Waals surface area contributed by atoms with E-state index in [-0.39, 0.29) is 23.8 Å². The minimum Gasteiger partial charge on any atom is -0.490 e. The maximum Gasteiger partial charge on any atom is 0.311 e. The molecular weight excluding hydrogens is 370 g/mol. The number of nitrogens with one attached hydrogen (secondary N) is 1. The number of nitrogen functional groups attached to an aromatic ring is 1. The van der Waals surface area contributed by atoms with Gasteiger partial charge >= 0.3 is 5.69 Å². The molecule has 1 amide bonds. The van der Waals surface area contributed by atoms with Gasteiger partial charge in [0.1, 0.15) is 0 Å². The second kappa shape index (κ2) is 7.79. The molecule has 0 saturated carbocycles. The third-order valence-corrected chi connectivity index (χ3v) is 4.48. The Bertz CT molecular complexity index is 1050. The zero-order chi connectivity index (χ0) is 19.4. The maximum atomic E-state index is 12.0. The van der Waals surface area contributed by atoms with Crippen molar-refractivity contribution >= 4 is 44.5 Å². The fourth-order valence-electron chi connectivity index (χ4n) is 2.43. The van der Waals surface area contributed by atoms with Crippen LogP contribution in [0.1, 0.15) is 11.1 Å². The number of nitro groups is 1. The maximum absolute atomic E-state index is 12.0. The molecule has 1 aromatic heterocycles. The molecule has 3 rings (SSSR count). The van der Waals surface area contributed by atoms with Gasteiger partial charge < -0.3 is 10.5 Å². The van der Waals surface area contributed by atoms with Crippen LogP contribution >= 0.6 is 11.3 Å². The predicted molar refractivity (Wildman–Crippen MR) is 103 cm³/mol. The Morgan fingerprint density at radius 1 is 1.41 bits per heavy atom. The quantitative estimate of drug-likeness (QED) is 0.380. The summed E-state index contributed by atoms with van der Waals surface area (Å²) < 4.78 is 5.84. The highest BCUT2D eigenvalue weighted by Crippen LogP contribution is 2.27. The minimum atomic E-state index is -0.545. The van der Waals surface area contributed by atoms with Crippen molar-refractivity contribution in [3.05, 3.63) is 57.6 Å². The zero-order valence-corrected chi connectivity index (χ0v) is 15.0. The Morgan fingerprint density at radius 3 is 2.96 bits per heavy atom. The first-order valence-electron chi connectivity index (χ1n) is 7.75. The number of rotatable bonds is 6. The number of nitrogens with two attached hydrogens (primary N) is 1. The Balaban J connectivity index is 1.64. The van der Waals surface area contributed by atoms with E-state index in [1.165, 1.54) is 36.8 Å². The number of benzene rings is 2. The SMILES string of the molecule is COc1ccc(/C=N\NC(=O)Cc2ccc3nc(N)sc3c2)cc1[N+](=O)[O-]. The molecule has 0 radical (unpaired) electrons. The first-order chi connectivity index (χ1) is 13.0. The van der Waals surface area contributed by atoms with E-state index in [4.69, 9.17) is 10.5 Å². The van der Waals surface area contributed by atoms with Crippen molar-refractivity contribution in [2.24, 2.45) is 5.10 Å². The van der Waals surface area contributed by atoms with Crippen LogP contribution in [0.4, 0.5) is 10.8 Å². The van der Waals surface area contributed by atoms with E-state index in [9.17, 15) is 14.9 Å². The van der Waals surface area contributed by atoms with Crippen LogP contribution in [-0.4, -0.2) is 29.1 Å². The van der Waals surface area contributed by atoms with Gasteiger partial charge in [0.2, 0.25) is 5.91 Å². The topological polar surface area (TPSA) is 133 Å². The second-order valence-corrected chi connectivity index (χ2v) is 6.57. The molecule has 0 aliphatic carbocycles. The summed E-state index contributed by atoms with van der Waals surface area (Å²) in [5.74, 6) is -0.161. The molecule has 0 saturated heterocycles. The van der Waals surface area contributed by atoms with Crippen molar-refractivity contribution < 1.29 is 14.5 Å². The smallest absolute Gasteiger partial charge is 0.311 e. The van der Waals surface area contributed by atoms with E-state index in [0.717, 1.165) is 15.8 Å². The number of hydrogen-bond donors (Lipinski definition) is 2. The van der Waals surface area contributed by atoms with Gasteiger partial charge in [-0.3, -0.25) is 14.9 Å². The average Bonchev–Trinajstić information content (AvgIpc) is 3.00. The number of hydrazone groups is 1. The lowest BCUT2D eigenvalue weighted by Gasteiger charge is -2.02. The lowest BCUT2D eigenvalue weighted by Crippen LogP contribution is -2.19. The number of carbonyl (C=O) groups is 1. The van der Waals surface area contributed by atoms with Crippen LogP contribution in [0.15, 0.2) is 41.5 Å². The van der Waals surface area contributed by atoms with Crippen LogP contribution in [0, 0.1) is 10.1 Å². The van der Waals surface area contributed by atoms with Gasteiger partial charge in [-0.15, -0.1) is 0 Å². The minimum absolute atomic E-state index is 0.133. The fourth-order valence-corrected chi connectivity index (χ4v) is 3.23. The molecule has 0 unspecified atom stereocenters. The predicted octanol–water partition coefficient (Wildman–Crippen LogP) is 2.49. The molecule has 0 spiro atoms. The molecule has 3 N–H and O–H groups in total. The number of thiazole rings is 1. The second-order valence-electron chi connectivity index (χ2n) is 5.51. The van der Waals surface area contributed by atoms with Crippen molar-refractivity contribution in [1.82, 2.24) is 10.4 Å². The first-order valence-corrected chi connectivity index (χ1v) is 8.57. The number of amides is 1. The molecule has 27 heavy (non-hydrogen) atoms. The number of hydrogen-bond acceptors (Lipinski definition) is 8. The van der Waals surface area contributed by atoms with Crippen LogP contribution in [0.2, 0.25) is 0 Å². The van der Waals surface area contributed by atoms with E-state index in [1.807, 2.05) is 12.1 Å². The molecule has 0 aliphatic rings. The van der Waals surface area contributed by atoms with Crippen molar-refractivity contribution in [2.45, 2.75) is 6.42 Å². The van der Waals surface area contributed by atoms with Crippen LogP contribution < -0.4 is 15.9 Å². The fraction of sp³-hybridized carbons (Fsp3) is 0.118. The number of aromatic nitrogens is 1. The Morgan fingerprint density at radius 2 is 2.22 bits per heavy atom. The highest BCUT2D eigenvalue weighted by atomic mass is 32.1. The van der Waals surface area contributed by atoms with Crippen molar-refractivity contribution in [1.29, 1.82) is 0 Å². The van der Waals surface area contributed by atoms with Gasteiger partial charge in [0, 0.05) is 11.6 Å². The van der Waals surface area contributed by atoms with Crippen LogP contribution in [0.5, 0.6) is 5.75 Å². The third-order valence-electron chi connectivity index (χ3n) is 3.64. The third kappa shape index (κ3) is 4.36. The van der Waals surface area contributed by atoms with Gasteiger partial charge in [0.15, 0.2) is 10.9 Å². The van der Waals surface area contributed by atoms with Gasteiger partial charge in [0.05, 0.1) is 34.9 Å². The number of carbonyl (C=O) groups excluding carboxylic acids is 1. The average molecular weight is 385 g/mol. The number of methoxy groups -OCH3 is 1. The molecule has 2 aromatic carbocycles. The number of ether oxygens (including phenoxy) is 1. The summed E-state index contributed by atoms with van der Waals surface area (Å²) >= 11 is 1.36. The molecular formula is C17H15N5O4S. The van der Waals surface area contributed by atoms with E-state index in [1.54, 1.807) is 12.1 Å². The summed E-state index contributed by atoms with van der Waals surface area (Å²) in [7, 11) is 1.36. The van der Waals surface area contributed by atoms with Gasteiger partial charge in [0.25, 0.3) is 0 Å². The first kappa shape index (κ1) is 18.3. The van der Waals surface area contributed by atoms with Crippen LogP contribution in [0.3, 0.4) is 0 Å². The summed E-state index contributed by atoms with van der Waals surface area (Å²) in [4.78, 5) is 26.7. The normalized spacial score (nSPS) is 11.0. The standard InChI is InChI=1S/C17H15N5O4S/c1-26-14-5-3-11(6-13(14)22(24)25)9-19-21-16(23)8-10-2-4-12-15(7-10)27-17(18)20-12/h2-7,9H,8H2,1H3,(H2,18,20)(H,21,23)/b19-9-. The Kier molecular flexibility index (Phi) is 5.27. The Hall–Kier alpha value is -3.53. The van der Waals surface area contributed by atoms with E-state index >= 15 is 0 Å². The summed E-state index contributed by atoms with van der Waals surface area (Å²) in [6.07, 6.45) is 1.46. The van der Waals surface area contributed by atoms with Crippen LogP contribution in [0.25, 0.3) is 10.2 Å². The van der Waals surface area contributed by atoms with Crippen molar-refractivity contribution in [3.8, 4) is 5.75 Å². The number of nitro benzene ring substituents is 1. The molecule has 138 valence electrons. The van der Waals surface area contributed by atoms with Gasteiger partial charge in [-0.25, -0.2) is 10.4 Å². The summed E-state index contributed by atoms with van der Waals surface area (Å²) in [5, 5.41) is 15.3. The molecule has 0 bridgehead atoms. The van der Waals surface area contributed by atoms with E-state index < -0.39 is 4.92 Å². The van der Waals surface area contributed by atoms with Crippen LogP contribution in [-0.2, 0) is 11.2 Å². The largest absolute Gasteiger partial charge is 0.490 e. The van der Waals surface area contributed by atoms with Gasteiger partial charge in [-0.2, -0.15) is 5.10 Å². The summed E-state index contributed by atoms with van der Waals surface area (Å²) in [6, 6.07) is 9.86. The zero-order valence-electron chi connectivity index (χ0n) is 14.2. The van der Waals surface area contributed by atoms with Gasteiger partial charge in [-0.05, 0) is 29.8 Å². The molecule has 0 aliphatic heterocycles. The van der Waals surface area contributed by atoms with Crippen molar-refractivity contribution in [3.63, 3.8) is 0 Å². The lowest BCUT2D eigenvalue weighted by molar-refractivity contribution is -0.385. The highest BCUT2D eigenvalue weighted by molar-refractivity contribution is 7.22. The van der Waals surface area contributed by atoms with E-state index in [0.29, 0.717) is 10.7 Å². The van der Waals surface area contributed by atoms with Crippen molar-refractivity contribution in [2.75, 3.05) is 12.8 Å². The molecule has 0 fully saturated rings. The summed E-state index contributed by atoms with van der Waals surface area (Å²) in [6.45, 7) is 0. The number of fused-ring (bicyclic) bond motifs is 1. The highest BCUT2D eigenvalue weighted by Gasteiger charge is 2.14. The molecule has 3 aromatic rings.